The van der Waals surface area contributed by atoms with Gasteiger partial charge in [-0.3, -0.25) is 14.8 Å². The van der Waals surface area contributed by atoms with E-state index in [1.165, 1.54) is 0 Å². The van der Waals surface area contributed by atoms with Crippen molar-refractivity contribution in [3.05, 3.63) is 62.6 Å². The van der Waals surface area contributed by atoms with Crippen LogP contribution < -0.4 is 17.0 Å². The van der Waals surface area contributed by atoms with Gasteiger partial charge >= 0.3 is 5.69 Å². The zero-order valence-corrected chi connectivity index (χ0v) is 10.7. The summed E-state index contributed by atoms with van der Waals surface area (Å²) in [5.74, 6) is 0.408. The predicted molar refractivity (Wildman–Crippen MR) is 74.4 cm³/mol. The molecule has 0 bridgehead atoms. The van der Waals surface area contributed by atoms with E-state index in [0.717, 1.165) is 5.56 Å². The molecule has 0 aliphatic heterocycles. The molecule has 0 saturated carbocycles. The lowest BCUT2D eigenvalue weighted by Gasteiger charge is -2.22. The maximum atomic E-state index is 11.7. The summed E-state index contributed by atoms with van der Waals surface area (Å²) in [4.78, 5) is 34.6. The predicted octanol–water partition coefficient (Wildman–Crippen LogP) is 0.162. The van der Waals surface area contributed by atoms with Crippen LogP contribution in [0.15, 0.2) is 39.9 Å². The molecule has 1 unspecified atom stereocenters. The molecule has 0 aliphatic carbocycles. The van der Waals surface area contributed by atoms with Gasteiger partial charge in [0, 0.05) is 0 Å². The molecule has 20 heavy (non-hydrogen) atoms. The van der Waals surface area contributed by atoms with E-state index in [1.807, 2.05) is 30.3 Å². The molecule has 1 atom stereocenters. The quantitative estimate of drug-likeness (QED) is 0.530. The van der Waals surface area contributed by atoms with E-state index < -0.39 is 16.8 Å². The topological polar surface area (TPSA) is 120 Å². The van der Waals surface area contributed by atoms with Crippen LogP contribution in [0.25, 0.3) is 11.2 Å². The fourth-order valence-electron chi connectivity index (χ4n) is 2.10. The third-order valence-electron chi connectivity index (χ3n) is 3.26. The van der Waals surface area contributed by atoms with Crippen molar-refractivity contribution >= 4 is 11.2 Å². The van der Waals surface area contributed by atoms with Crippen molar-refractivity contribution in [1.29, 1.82) is 0 Å². The van der Waals surface area contributed by atoms with Gasteiger partial charge in [-0.1, -0.05) is 30.3 Å². The Morgan fingerprint density at radius 2 is 1.80 bits per heavy atom. The molecule has 5 N–H and O–H groups in total. The number of nitrogens with two attached hydrogens (primary N) is 1. The maximum Gasteiger partial charge on any atom is 0.327 e. The lowest BCUT2D eigenvalue weighted by molar-refractivity contribution is 0.567. The van der Waals surface area contributed by atoms with Gasteiger partial charge < -0.3 is 10.7 Å². The number of aromatic amines is 3. The first-order valence-corrected chi connectivity index (χ1v) is 6.05. The minimum Gasteiger partial charge on any atom is -0.334 e. The minimum absolute atomic E-state index is 0.196. The normalized spacial score (nSPS) is 14.3. The summed E-state index contributed by atoms with van der Waals surface area (Å²) in [5.41, 5.74) is 5.54. The summed E-state index contributed by atoms with van der Waals surface area (Å²) in [6, 6.07) is 9.39. The first kappa shape index (κ1) is 12.4. The fraction of sp³-hybridized carbons (Fsp3) is 0.154. The van der Waals surface area contributed by atoms with Crippen molar-refractivity contribution in [1.82, 2.24) is 19.9 Å². The molecule has 0 radical (unpaired) electrons. The Balaban J connectivity index is 2.22. The number of aromatic nitrogens is 4. The van der Waals surface area contributed by atoms with Crippen LogP contribution in [0.5, 0.6) is 0 Å². The summed E-state index contributed by atoms with van der Waals surface area (Å²) in [6.07, 6.45) is 0. The number of hydrogen-bond donors (Lipinski definition) is 4. The first-order valence-electron chi connectivity index (χ1n) is 6.05. The molecule has 1 aromatic carbocycles. The second-order valence-electron chi connectivity index (χ2n) is 4.79. The van der Waals surface area contributed by atoms with Crippen molar-refractivity contribution in [3.63, 3.8) is 0 Å². The Labute approximate surface area is 112 Å². The van der Waals surface area contributed by atoms with Gasteiger partial charge in [0.25, 0.3) is 5.56 Å². The van der Waals surface area contributed by atoms with Crippen molar-refractivity contribution in [2.45, 2.75) is 12.5 Å². The third kappa shape index (κ3) is 1.84. The standard InChI is InChI=1S/C13H13N5O2/c1-13(14,7-5-3-2-4-6-7)11-15-8-9(16-11)17-12(20)18-10(8)19/h2-6H,14H2,1H3,(H3,15,16,17,18,19,20). The molecule has 7 heteroatoms. The van der Waals surface area contributed by atoms with Crippen molar-refractivity contribution in [3.8, 4) is 0 Å². The van der Waals surface area contributed by atoms with Gasteiger partial charge in [0.05, 0.1) is 5.54 Å². The smallest absolute Gasteiger partial charge is 0.327 e. The van der Waals surface area contributed by atoms with Crippen LogP contribution in [0.4, 0.5) is 0 Å². The highest BCUT2D eigenvalue weighted by atomic mass is 16.2. The van der Waals surface area contributed by atoms with Gasteiger partial charge in [0.15, 0.2) is 5.65 Å². The van der Waals surface area contributed by atoms with Gasteiger partial charge in [-0.05, 0) is 12.5 Å². The SMILES string of the molecule is CC(N)(c1ccccc1)c1nc2[nH]c(=O)[nH]c(=O)c2[nH]1. The van der Waals surface area contributed by atoms with Crippen LogP contribution >= 0.6 is 0 Å². The second kappa shape index (κ2) is 4.17. The van der Waals surface area contributed by atoms with Crippen LogP contribution in [-0.4, -0.2) is 19.9 Å². The summed E-state index contributed by atoms with van der Waals surface area (Å²) in [6.45, 7) is 1.78. The Hall–Kier alpha value is -2.67. The molecule has 2 heterocycles. The molecule has 7 nitrogen and oxygen atoms in total. The number of hydrogen-bond acceptors (Lipinski definition) is 4. The number of nitrogens with zero attached hydrogens (tertiary/aromatic N) is 1. The van der Waals surface area contributed by atoms with Crippen LogP contribution in [0, 0.1) is 0 Å². The number of imidazole rings is 1. The maximum absolute atomic E-state index is 11.7. The highest BCUT2D eigenvalue weighted by Gasteiger charge is 2.28. The molecule has 3 aromatic rings. The fourth-order valence-corrected chi connectivity index (χ4v) is 2.10. The number of rotatable bonds is 2. The highest BCUT2D eigenvalue weighted by molar-refractivity contribution is 5.69. The van der Waals surface area contributed by atoms with Crippen molar-refractivity contribution < 1.29 is 0 Å². The first-order chi connectivity index (χ1) is 9.48. The molecular weight excluding hydrogens is 258 g/mol. The van der Waals surface area contributed by atoms with E-state index in [0.29, 0.717) is 5.82 Å². The Morgan fingerprint density at radius 1 is 1.10 bits per heavy atom. The molecule has 3 rings (SSSR count). The summed E-state index contributed by atoms with van der Waals surface area (Å²) >= 11 is 0. The highest BCUT2D eigenvalue weighted by Crippen LogP contribution is 2.24. The Morgan fingerprint density at radius 3 is 2.50 bits per heavy atom. The van der Waals surface area contributed by atoms with Crippen LogP contribution in [-0.2, 0) is 5.54 Å². The largest absolute Gasteiger partial charge is 0.334 e. The van der Waals surface area contributed by atoms with Crippen molar-refractivity contribution in [2.24, 2.45) is 5.73 Å². The Bertz CT molecular complexity index is 873. The van der Waals surface area contributed by atoms with E-state index in [4.69, 9.17) is 5.73 Å². The van der Waals surface area contributed by atoms with Crippen LogP contribution in [0.3, 0.4) is 0 Å². The van der Waals surface area contributed by atoms with E-state index in [-0.39, 0.29) is 11.2 Å². The second-order valence-corrected chi connectivity index (χ2v) is 4.79. The molecule has 0 fully saturated rings. The monoisotopic (exact) mass is 271 g/mol. The zero-order valence-electron chi connectivity index (χ0n) is 10.7. The molecule has 2 aromatic heterocycles. The van der Waals surface area contributed by atoms with E-state index in [1.54, 1.807) is 6.92 Å². The average Bonchev–Trinajstić information content (AvgIpc) is 2.84. The molecular formula is C13H13N5O2. The van der Waals surface area contributed by atoms with Gasteiger partial charge in [0.2, 0.25) is 0 Å². The van der Waals surface area contributed by atoms with Crippen molar-refractivity contribution in [2.75, 3.05) is 0 Å². The van der Waals surface area contributed by atoms with Crippen LogP contribution in [0.1, 0.15) is 18.3 Å². The minimum atomic E-state index is -0.899. The number of benzene rings is 1. The third-order valence-corrected chi connectivity index (χ3v) is 3.26. The number of fused-ring (bicyclic) bond motifs is 1. The molecule has 0 aliphatic rings. The molecule has 102 valence electrons. The Kier molecular flexibility index (Phi) is 2.58. The van der Waals surface area contributed by atoms with E-state index in [9.17, 15) is 9.59 Å². The van der Waals surface area contributed by atoms with Gasteiger partial charge in [-0.15, -0.1) is 0 Å². The van der Waals surface area contributed by atoms with Gasteiger partial charge in [-0.25, -0.2) is 9.78 Å². The summed E-state index contributed by atoms with van der Waals surface area (Å²) in [7, 11) is 0. The van der Waals surface area contributed by atoms with Gasteiger partial charge in [-0.2, -0.15) is 0 Å². The molecule has 0 amide bonds. The number of H-pyrrole nitrogens is 3. The number of nitrogens with one attached hydrogen (secondary N) is 3. The van der Waals surface area contributed by atoms with Gasteiger partial charge in [0.1, 0.15) is 11.3 Å². The average molecular weight is 271 g/mol. The zero-order chi connectivity index (χ0) is 14.3. The molecule has 0 spiro atoms. The summed E-state index contributed by atoms with van der Waals surface area (Å²) < 4.78 is 0. The molecule has 0 saturated heterocycles. The lowest BCUT2D eigenvalue weighted by Crippen LogP contribution is -2.35. The van der Waals surface area contributed by atoms with E-state index in [2.05, 4.69) is 19.9 Å². The lowest BCUT2D eigenvalue weighted by atomic mass is 9.92. The van der Waals surface area contributed by atoms with Crippen LogP contribution in [0.2, 0.25) is 0 Å². The van der Waals surface area contributed by atoms with E-state index >= 15 is 0 Å². The summed E-state index contributed by atoms with van der Waals surface area (Å²) in [5, 5.41) is 0.